The molecule has 2 aromatic rings. The molecule has 168 valence electrons. The van der Waals surface area contributed by atoms with E-state index >= 15 is 0 Å². The minimum Gasteiger partial charge on any atom is -0.350 e. The van der Waals surface area contributed by atoms with Crippen LogP contribution >= 0.6 is 23.4 Å². The molecule has 2 aromatic carbocycles. The first-order valence-electron chi connectivity index (χ1n) is 10.6. The van der Waals surface area contributed by atoms with E-state index in [0.717, 1.165) is 16.7 Å². The molecule has 31 heavy (non-hydrogen) atoms. The smallest absolute Gasteiger partial charge is 0.243 e. The van der Waals surface area contributed by atoms with Crippen LogP contribution in [-0.4, -0.2) is 34.0 Å². The fourth-order valence-electron chi connectivity index (χ4n) is 3.23. The highest BCUT2D eigenvalue weighted by molar-refractivity contribution is 7.99. The number of carbonyl (C=O) groups excluding carboxylic acids is 2. The van der Waals surface area contributed by atoms with Gasteiger partial charge in [0.2, 0.25) is 11.8 Å². The molecular weight excluding hydrogens is 428 g/mol. The van der Waals surface area contributed by atoms with Crippen molar-refractivity contribution in [1.29, 1.82) is 0 Å². The van der Waals surface area contributed by atoms with E-state index in [2.05, 4.69) is 5.32 Å². The first kappa shape index (κ1) is 25.3. The lowest BCUT2D eigenvalue weighted by molar-refractivity contribution is -0.140. The quantitative estimate of drug-likeness (QED) is 0.529. The maximum atomic E-state index is 13.2. The van der Waals surface area contributed by atoms with Gasteiger partial charge in [0.1, 0.15) is 6.04 Å². The Balaban J connectivity index is 2.15. The Morgan fingerprint density at radius 3 is 2.35 bits per heavy atom. The highest BCUT2D eigenvalue weighted by Gasteiger charge is 2.30. The van der Waals surface area contributed by atoms with Gasteiger partial charge in [0, 0.05) is 22.9 Å². The van der Waals surface area contributed by atoms with Crippen molar-refractivity contribution in [2.24, 2.45) is 0 Å². The predicted molar refractivity (Wildman–Crippen MR) is 131 cm³/mol. The van der Waals surface area contributed by atoms with Crippen molar-refractivity contribution in [3.8, 4) is 0 Å². The Hall–Kier alpha value is -1.98. The van der Waals surface area contributed by atoms with Crippen molar-refractivity contribution < 1.29 is 9.59 Å². The number of hydrogen-bond acceptors (Lipinski definition) is 3. The predicted octanol–water partition coefficient (Wildman–Crippen LogP) is 5.60. The molecule has 1 atom stereocenters. The molecule has 0 heterocycles. The topological polar surface area (TPSA) is 49.4 Å². The summed E-state index contributed by atoms with van der Waals surface area (Å²) in [4.78, 5) is 27.9. The Kier molecular flexibility index (Phi) is 9.45. The van der Waals surface area contributed by atoms with Crippen LogP contribution < -0.4 is 5.32 Å². The van der Waals surface area contributed by atoms with E-state index in [-0.39, 0.29) is 17.4 Å². The molecule has 0 aliphatic heterocycles. The lowest BCUT2D eigenvalue weighted by Crippen LogP contribution is -2.53. The van der Waals surface area contributed by atoms with Gasteiger partial charge in [0.05, 0.1) is 5.75 Å². The third kappa shape index (κ3) is 8.58. The third-order valence-corrected chi connectivity index (χ3v) is 5.96. The SMILES string of the molecule is CCC(C(=O)NC(C)(C)C)N(Cc1ccc(C)cc1)C(=O)CSCc1cccc(Cl)c1. The normalized spacial score (nSPS) is 12.3. The number of aryl methyl sites for hydroxylation is 1. The van der Waals surface area contributed by atoms with Crippen molar-refractivity contribution in [2.45, 2.75) is 64.9 Å². The molecule has 0 aliphatic rings. The molecule has 2 rings (SSSR count). The molecule has 6 heteroatoms. The number of nitrogens with zero attached hydrogens (tertiary/aromatic N) is 1. The van der Waals surface area contributed by atoms with Crippen molar-refractivity contribution >= 4 is 35.2 Å². The second kappa shape index (κ2) is 11.6. The Morgan fingerprint density at radius 2 is 1.77 bits per heavy atom. The van der Waals surface area contributed by atoms with Crippen molar-refractivity contribution in [1.82, 2.24) is 10.2 Å². The lowest BCUT2D eigenvalue weighted by atomic mass is 10.1. The highest BCUT2D eigenvalue weighted by atomic mass is 35.5. The van der Waals surface area contributed by atoms with Gasteiger partial charge in [-0.1, -0.05) is 60.5 Å². The zero-order valence-corrected chi connectivity index (χ0v) is 20.6. The summed E-state index contributed by atoms with van der Waals surface area (Å²) in [6.07, 6.45) is 0.554. The number of nitrogens with one attached hydrogen (secondary N) is 1. The number of thioether (sulfide) groups is 1. The monoisotopic (exact) mass is 460 g/mol. The number of amides is 2. The van der Waals surface area contributed by atoms with E-state index in [9.17, 15) is 9.59 Å². The lowest BCUT2D eigenvalue weighted by Gasteiger charge is -2.33. The summed E-state index contributed by atoms with van der Waals surface area (Å²) in [6.45, 7) is 10.2. The minimum absolute atomic E-state index is 0.0384. The number of rotatable bonds is 9. The average Bonchev–Trinajstić information content (AvgIpc) is 2.68. The maximum Gasteiger partial charge on any atom is 0.243 e. The summed E-state index contributed by atoms with van der Waals surface area (Å²) in [5, 5.41) is 3.72. The molecule has 0 radical (unpaired) electrons. The van der Waals surface area contributed by atoms with Gasteiger partial charge in [-0.3, -0.25) is 9.59 Å². The van der Waals surface area contributed by atoms with Crippen LogP contribution in [0.5, 0.6) is 0 Å². The van der Waals surface area contributed by atoms with Gasteiger partial charge in [-0.15, -0.1) is 11.8 Å². The molecule has 2 amide bonds. The number of carbonyl (C=O) groups is 2. The first-order chi connectivity index (χ1) is 14.6. The van der Waals surface area contributed by atoms with E-state index in [1.165, 1.54) is 11.8 Å². The van der Waals surface area contributed by atoms with Crippen LogP contribution in [0.3, 0.4) is 0 Å². The standard InChI is InChI=1S/C25H33ClN2O2S/c1-6-22(24(30)27-25(3,4)5)28(15-19-12-10-18(2)11-13-19)23(29)17-31-16-20-8-7-9-21(26)14-20/h7-14,22H,6,15-17H2,1-5H3,(H,27,30). The van der Waals surface area contributed by atoms with Crippen LogP contribution in [-0.2, 0) is 21.9 Å². The fraction of sp³-hybridized carbons (Fsp3) is 0.440. The first-order valence-corrected chi connectivity index (χ1v) is 12.1. The highest BCUT2D eigenvalue weighted by Crippen LogP contribution is 2.20. The molecule has 0 saturated carbocycles. The van der Waals surface area contributed by atoms with E-state index in [1.54, 1.807) is 4.90 Å². The zero-order chi connectivity index (χ0) is 23.0. The number of benzene rings is 2. The summed E-state index contributed by atoms with van der Waals surface area (Å²) < 4.78 is 0. The summed E-state index contributed by atoms with van der Waals surface area (Å²) in [5.74, 6) is 0.840. The van der Waals surface area contributed by atoms with Crippen LogP contribution in [0.25, 0.3) is 0 Å². The van der Waals surface area contributed by atoms with Gasteiger partial charge in [-0.25, -0.2) is 0 Å². The van der Waals surface area contributed by atoms with E-state index in [4.69, 9.17) is 11.6 Å². The van der Waals surface area contributed by atoms with Gasteiger partial charge in [-0.2, -0.15) is 0 Å². The van der Waals surface area contributed by atoms with Gasteiger partial charge in [0.25, 0.3) is 0 Å². The van der Waals surface area contributed by atoms with Crippen molar-refractivity contribution in [3.05, 3.63) is 70.2 Å². The fourth-order valence-corrected chi connectivity index (χ4v) is 4.30. The molecule has 1 N–H and O–H groups in total. The van der Waals surface area contributed by atoms with Crippen LogP contribution in [0.2, 0.25) is 5.02 Å². The molecule has 0 aromatic heterocycles. The van der Waals surface area contributed by atoms with E-state index in [0.29, 0.717) is 29.5 Å². The molecule has 0 bridgehead atoms. The Morgan fingerprint density at radius 1 is 1.10 bits per heavy atom. The van der Waals surface area contributed by atoms with Gasteiger partial charge < -0.3 is 10.2 Å². The third-order valence-electron chi connectivity index (χ3n) is 4.74. The van der Waals surface area contributed by atoms with Gasteiger partial charge >= 0.3 is 0 Å². The number of hydrogen-bond donors (Lipinski definition) is 1. The maximum absolute atomic E-state index is 13.2. The minimum atomic E-state index is -0.514. The Labute approximate surface area is 195 Å². The molecule has 4 nitrogen and oxygen atoms in total. The molecule has 0 aliphatic carbocycles. The second-order valence-corrected chi connectivity index (χ2v) is 10.2. The zero-order valence-electron chi connectivity index (χ0n) is 19.1. The van der Waals surface area contributed by atoms with Gasteiger partial charge in [0.15, 0.2) is 0 Å². The summed E-state index contributed by atoms with van der Waals surface area (Å²) >= 11 is 7.59. The largest absolute Gasteiger partial charge is 0.350 e. The molecule has 0 fully saturated rings. The molecule has 1 unspecified atom stereocenters. The molecular formula is C25H33ClN2O2S. The van der Waals surface area contributed by atoms with Crippen LogP contribution in [0.4, 0.5) is 0 Å². The van der Waals surface area contributed by atoms with Gasteiger partial charge in [-0.05, 0) is 57.4 Å². The summed E-state index contributed by atoms with van der Waals surface area (Å²) in [6, 6.07) is 15.2. The summed E-state index contributed by atoms with van der Waals surface area (Å²) in [7, 11) is 0. The second-order valence-electron chi connectivity index (χ2n) is 8.79. The summed E-state index contributed by atoms with van der Waals surface area (Å²) in [5.41, 5.74) is 2.90. The van der Waals surface area contributed by atoms with Crippen molar-refractivity contribution in [2.75, 3.05) is 5.75 Å². The van der Waals surface area contributed by atoms with Crippen LogP contribution in [0.15, 0.2) is 48.5 Å². The van der Waals surface area contributed by atoms with E-state index < -0.39 is 6.04 Å². The van der Waals surface area contributed by atoms with Crippen LogP contribution in [0, 0.1) is 6.92 Å². The molecule has 0 spiro atoms. The average molecular weight is 461 g/mol. The Bertz CT molecular complexity index is 878. The molecule has 0 saturated heterocycles. The van der Waals surface area contributed by atoms with Crippen LogP contribution in [0.1, 0.15) is 50.8 Å². The number of halogens is 1. The van der Waals surface area contributed by atoms with E-state index in [1.807, 2.05) is 83.1 Å². The van der Waals surface area contributed by atoms with Crippen molar-refractivity contribution in [3.63, 3.8) is 0 Å².